The number of hydrogen-bond acceptors (Lipinski definition) is 5. The van der Waals surface area contributed by atoms with Crippen molar-refractivity contribution in [2.24, 2.45) is 5.41 Å². The molecule has 2 fully saturated rings. The fraction of sp³-hybridized carbons (Fsp3) is 0.778. The zero-order valence-corrected chi connectivity index (χ0v) is 16.4. The van der Waals surface area contributed by atoms with Crippen LogP contribution in [0.5, 0.6) is 0 Å². The average molecular weight is 352 g/mol. The van der Waals surface area contributed by atoms with Crippen molar-refractivity contribution in [3.05, 3.63) is 11.1 Å². The molecule has 0 unspecified atom stereocenters. The Bertz CT molecular complexity index is 626. The van der Waals surface area contributed by atoms with Crippen molar-refractivity contribution < 1.29 is 9.53 Å². The third-order valence-corrected chi connectivity index (χ3v) is 7.06. The van der Waals surface area contributed by atoms with Gasteiger partial charge < -0.3 is 4.74 Å². The van der Waals surface area contributed by atoms with E-state index >= 15 is 0 Å². The molecule has 1 aromatic heterocycles. The van der Waals surface area contributed by atoms with Crippen molar-refractivity contribution in [1.82, 2.24) is 9.88 Å². The Morgan fingerprint density at radius 3 is 2.58 bits per heavy atom. The zero-order valence-electron chi connectivity index (χ0n) is 15.6. The Labute approximate surface area is 149 Å². The number of anilines is 1. The summed E-state index contributed by atoms with van der Waals surface area (Å²) in [6.07, 6.45) is 3.23. The summed E-state index contributed by atoms with van der Waals surface area (Å²) in [5.74, 6) is 0.0998. The third kappa shape index (κ3) is 2.89. The van der Waals surface area contributed by atoms with Gasteiger partial charge in [0.15, 0.2) is 5.13 Å². The second kappa shape index (κ2) is 6.07. The van der Waals surface area contributed by atoms with Gasteiger partial charge >= 0.3 is 0 Å². The molecule has 0 N–H and O–H groups in total. The lowest BCUT2D eigenvalue weighted by Crippen LogP contribution is -2.67. The highest BCUT2D eigenvalue weighted by Gasteiger charge is 2.58. The molecule has 0 bridgehead atoms. The summed E-state index contributed by atoms with van der Waals surface area (Å²) in [5.41, 5.74) is 1.09. The number of methoxy groups -OCH3 is 1. The van der Waals surface area contributed by atoms with Gasteiger partial charge in [-0.15, -0.1) is 11.3 Å². The van der Waals surface area contributed by atoms with Gasteiger partial charge in [0.05, 0.1) is 11.3 Å². The number of carbonyl (C=O) groups is 1. The average Bonchev–Trinajstić information content (AvgIpc) is 3.23. The van der Waals surface area contributed by atoms with Crippen LogP contribution < -0.4 is 4.90 Å². The Balaban J connectivity index is 1.66. The van der Waals surface area contributed by atoms with Crippen LogP contribution in [0.1, 0.15) is 52.7 Å². The lowest BCUT2D eigenvalue weighted by atomic mass is 9.55. The van der Waals surface area contributed by atoms with E-state index in [2.05, 4.69) is 38.1 Å². The van der Waals surface area contributed by atoms with Crippen molar-refractivity contribution in [2.45, 2.75) is 71.2 Å². The Hall–Kier alpha value is -0.980. The first-order valence-electron chi connectivity index (χ1n) is 8.69. The molecule has 3 rings (SSSR count). The van der Waals surface area contributed by atoms with Crippen LogP contribution in [0.25, 0.3) is 0 Å². The topological polar surface area (TPSA) is 45.7 Å². The summed E-state index contributed by atoms with van der Waals surface area (Å²) in [5, 5.41) is 2.94. The molecule has 1 heterocycles. The third-order valence-electron chi connectivity index (χ3n) is 6.17. The van der Waals surface area contributed by atoms with E-state index in [0.717, 1.165) is 36.6 Å². The molecule has 24 heavy (non-hydrogen) atoms. The van der Waals surface area contributed by atoms with Crippen LogP contribution >= 0.6 is 11.3 Å². The van der Waals surface area contributed by atoms with Crippen LogP contribution in [-0.4, -0.2) is 47.6 Å². The summed E-state index contributed by atoms with van der Waals surface area (Å²) >= 11 is 1.58. The molecule has 0 radical (unpaired) electrons. The molecule has 2 saturated carbocycles. The molecule has 134 valence electrons. The van der Waals surface area contributed by atoms with Crippen LogP contribution in [0, 0.1) is 5.41 Å². The van der Waals surface area contributed by atoms with Crippen LogP contribution in [0.2, 0.25) is 0 Å². The predicted molar refractivity (Wildman–Crippen MR) is 97.4 cm³/mol. The van der Waals surface area contributed by atoms with Crippen molar-refractivity contribution in [2.75, 3.05) is 19.1 Å². The van der Waals surface area contributed by atoms with E-state index in [9.17, 15) is 4.79 Å². The number of carbonyl (C=O) groups excluding carboxylic acids is 1. The normalized spacial score (nSPS) is 28.7. The number of aromatic nitrogens is 1. The van der Waals surface area contributed by atoms with Gasteiger partial charge in [0.2, 0.25) is 5.91 Å². The molecule has 5 nitrogen and oxygen atoms in total. The minimum absolute atomic E-state index is 0.0590. The van der Waals surface area contributed by atoms with Crippen molar-refractivity contribution in [1.29, 1.82) is 0 Å². The maximum atomic E-state index is 11.9. The Morgan fingerprint density at radius 2 is 2.08 bits per heavy atom. The van der Waals surface area contributed by atoms with Gasteiger partial charge in [0.25, 0.3) is 0 Å². The highest BCUT2D eigenvalue weighted by atomic mass is 32.1. The number of amides is 1. The smallest absolute Gasteiger partial charge is 0.225 e. The summed E-state index contributed by atoms with van der Waals surface area (Å²) < 4.78 is 5.73. The molecule has 2 aliphatic rings. The van der Waals surface area contributed by atoms with E-state index in [1.807, 2.05) is 4.90 Å². The number of rotatable bonds is 6. The lowest BCUT2D eigenvalue weighted by Gasteiger charge is -2.61. The number of nitrogens with zero attached hydrogens (tertiary/aromatic N) is 3. The molecular weight excluding hydrogens is 322 g/mol. The Morgan fingerprint density at radius 1 is 1.42 bits per heavy atom. The molecular formula is C18H29N3O2S. The first-order valence-corrected chi connectivity index (χ1v) is 9.57. The van der Waals surface area contributed by atoms with E-state index in [1.165, 1.54) is 0 Å². The summed E-state index contributed by atoms with van der Waals surface area (Å²) in [7, 11) is 3.96. The number of hydrogen-bond donors (Lipinski definition) is 0. The fourth-order valence-corrected chi connectivity index (χ4v) is 4.82. The first kappa shape index (κ1) is 17.8. The number of thiazole rings is 1. The largest absolute Gasteiger partial charge is 0.378 e. The molecule has 2 atom stereocenters. The molecule has 1 amide bonds. The minimum atomic E-state index is -0.0590. The van der Waals surface area contributed by atoms with Gasteiger partial charge in [-0.25, -0.2) is 4.98 Å². The molecule has 0 spiro atoms. The second-order valence-corrected chi connectivity index (χ2v) is 8.87. The van der Waals surface area contributed by atoms with Gasteiger partial charge in [0.1, 0.15) is 0 Å². The standard InChI is InChI=1S/C18H29N3O2S/c1-12(22)21(14-7-8-14)16-19-13(11-24-16)10-20(5)15-9-18(4,23-6)17(15,2)3/h11,14-15H,7-10H2,1-6H3/t15-,18+/m0/s1. The molecule has 2 aliphatic carbocycles. The monoisotopic (exact) mass is 351 g/mol. The highest BCUT2D eigenvalue weighted by molar-refractivity contribution is 7.14. The minimum Gasteiger partial charge on any atom is -0.378 e. The summed E-state index contributed by atoms with van der Waals surface area (Å²) in [6.45, 7) is 9.18. The fourth-order valence-electron chi connectivity index (χ4n) is 3.89. The van der Waals surface area contributed by atoms with E-state index in [4.69, 9.17) is 9.72 Å². The Kier molecular flexibility index (Phi) is 4.51. The van der Waals surface area contributed by atoms with Crippen LogP contribution in [0.3, 0.4) is 0 Å². The van der Waals surface area contributed by atoms with Crippen molar-refractivity contribution in [3.63, 3.8) is 0 Å². The van der Waals surface area contributed by atoms with Crippen molar-refractivity contribution in [3.8, 4) is 0 Å². The SMILES string of the molecule is CO[C@]1(C)C[C@H](N(C)Cc2csc(N(C(C)=O)C3CC3)n2)C1(C)C. The maximum Gasteiger partial charge on any atom is 0.225 e. The van der Waals surface area contributed by atoms with Crippen LogP contribution in [0.15, 0.2) is 5.38 Å². The molecule has 1 aromatic rings. The van der Waals surface area contributed by atoms with Gasteiger partial charge in [-0.1, -0.05) is 13.8 Å². The first-order chi connectivity index (χ1) is 11.2. The van der Waals surface area contributed by atoms with Gasteiger partial charge in [0, 0.05) is 43.5 Å². The van der Waals surface area contributed by atoms with Crippen molar-refractivity contribution >= 4 is 22.4 Å². The van der Waals surface area contributed by atoms with Gasteiger partial charge in [-0.2, -0.15) is 0 Å². The second-order valence-electron chi connectivity index (χ2n) is 8.03. The highest BCUT2D eigenvalue weighted by Crippen LogP contribution is 2.53. The molecule has 0 aromatic carbocycles. The quantitative estimate of drug-likeness (QED) is 0.789. The predicted octanol–water partition coefficient (Wildman–Crippen LogP) is 3.29. The molecule has 6 heteroatoms. The van der Waals surface area contributed by atoms with E-state index < -0.39 is 0 Å². The zero-order chi connectivity index (χ0) is 17.7. The van der Waals surface area contributed by atoms with E-state index in [-0.39, 0.29) is 16.9 Å². The van der Waals surface area contributed by atoms with E-state index in [1.54, 1.807) is 25.4 Å². The van der Waals surface area contributed by atoms with Gasteiger partial charge in [-0.05, 0) is 33.2 Å². The molecule has 0 aliphatic heterocycles. The van der Waals surface area contributed by atoms with Gasteiger partial charge in [-0.3, -0.25) is 14.6 Å². The van der Waals surface area contributed by atoms with E-state index in [0.29, 0.717) is 12.1 Å². The lowest BCUT2D eigenvalue weighted by molar-refractivity contribution is -0.207. The maximum absolute atomic E-state index is 11.9. The summed E-state index contributed by atoms with van der Waals surface area (Å²) in [6, 6.07) is 0.840. The van der Waals surface area contributed by atoms with Crippen LogP contribution in [0.4, 0.5) is 5.13 Å². The molecule has 0 saturated heterocycles. The summed E-state index contributed by atoms with van der Waals surface area (Å²) in [4.78, 5) is 20.8. The van der Waals surface area contributed by atoms with Crippen LogP contribution in [-0.2, 0) is 16.1 Å². The number of ether oxygens (including phenoxy) is 1.